The van der Waals surface area contributed by atoms with E-state index in [4.69, 9.17) is 9.47 Å². The summed E-state index contributed by atoms with van der Waals surface area (Å²) in [4.78, 5) is 0. The Morgan fingerprint density at radius 2 is 1.62 bits per heavy atom. The van der Waals surface area contributed by atoms with Crippen LogP contribution < -0.4 is 14.8 Å². The topological polar surface area (TPSA) is 30.5 Å². The molecule has 0 amide bonds. The molecule has 0 heterocycles. The second kappa shape index (κ2) is 7.51. The molecule has 0 aromatic heterocycles. The number of rotatable bonds is 5. The zero-order chi connectivity index (χ0) is 15.4. The standard InChI is InChI=1S/C15H14Br3NO2/c1-20-14-4-3-10(16)7-13(14)19-8-9-5-11(17)15(21-2)12(18)6-9/h3-7,19H,8H2,1-2H3. The number of hydrogen-bond acceptors (Lipinski definition) is 3. The van der Waals surface area contributed by atoms with Crippen molar-refractivity contribution in [3.8, 4) is 11.5 Å². The molecule has 112 valence electrons. The SMILES string of the molecule is COc1ccc(Br)cc1NCc1cc(Br)c(OC)c(Br)c1. The number of methoxy groups -OCH3 is 2. The van der Waals surface area contributed by atoms with Crippen molar-refractivity contribution < 1.29 is 9.47 Å². The molecule has 0 bridgehead atoms. The molecule has 0 aliphatic rings. The molecule has 2 aromatic rings. The van der Waals surface area contributed by atoms with Gasteiger partial charge in [-0.1, -0.05) is 15.9 Å². The summed E-state index contributed by atoms with van der Waals surface area (Å²) in [5, 5.41) is 3.38. The van der Waals surface area contributed by atoms with Gasteiger partial charge in [0.15, 0.2) is 0 Å². The van der Waals surface area contributed by atoms with Crippen LogP contribution in [0.15, 0.2) is 43.7 Å². The molecule has 0 aliphatic carbocycles. The maximum atomic E-state index is 5.35. The summed E-state index contributed by atoms with van der Waals surface area (Å²) in [6, 6.07) is 9.92. The number of nitrogens with one attached hydrogen (secondary N) is 1. The minimum absolute atomic E-state index is 0.675. The smallest absolute Gasteiger partial charge is 0.147 e. The molecule has 0 fully saturated rings. The fraction of sp³-hybridized carbons (Fsp3) is 0.200. The van der Waals surface area contributed by atoms with E-state index in [2.05, 4.69) is 53.1 Å². The molecule has 21 heavy (non-hydrogen) atoms. The molecule has 0 radical (unpaired) electrons. The molecule has 0 atom stereocenters. The normalized spacial score (nSPS) is 10.3. The molecule has 0 aliphatic heterocycles. The molecule has 0 unspecified atom stereocenters. The van der Waals surface area contributed by atoms with Gasteiger partial charge in [0.05, 0.1) is 28.9 Å². The zero-order valence-electron chi connectivity index (χ0n) is 11.5. The predicted molar refractivity (Wildman–Crippen MR) is 96.4 cm³/mol. The molecular formula is C15H14Br3NO2. The van der Waals surface area contributed by atoms with Crippen LogP contribution in [0.2, 0.25) is 0 Å². The lowest BCUT2D eigenvalue weighted by atomic mass is 10.2. The van der Waals surface area contributed by atoms with Gasteiger partial charge in [-0.2, -0.15) is 0 Å². The predicted octanol–water partition coefficient (Wildman–Crippen LogP) is 5.60. The van der Waals surface area contributed by atoms with Crippen LogP contribution in [0, 0.1) is 0 Å². The lowest BCUT2D eigenvalue weighted by molar-refractivity contribution is 0.409. The molecule has 3 nitrogen and oxygen atoms in total. The third-order valence-electron chi connectivity index (χ3n) is 2.91. The number of benzene rings is 2. The van der Waals surface area contributed by atoms with E-state index in [1.165, 1.54) is 0 Å². The highest BCUT2D eigenvalue weighted by atomic mass is 79.9. The van der Waals surface area contributed by atoms with Crippen molar-refractivity contribution in [2.45, 2.75) is 6.54 Å². The van der Waals surface area contributed by atoms with E-state index in [0.717, 1.165) is 36.2 Å². The van der Waals surface area contributed by atoms with Gasteiger partial charge in [-0.3, -0.25) is 0 Å². The van der Waals surface area contributed by atoms with Crippen LogP contribution in [0.1, 0.15) is 5.56 Å². The van der Waals surface area contributed by atoms with Gasteiger partial charge < -0.3 is 14.8 Å². The average molecular weight is 480 g/mol. The molecule has 0 saturated heterocycles. The average Bonchev–Trinajstić information content (AvgIpc) is 2.45. The molecular weight excluding hydrogens is 466 g/mol. The summed E-state index contributed by atoms with van der Waals surface area (Å²) in [5.41, 5.74) is 2.06. The number of hydrogen-bond donors (Lipinski definition) is 1. The lowest BCUT2D eigenvalue weighted by Gasteiger charge is -2.13. The van der Waals surface area contributed by atoms with E-state index in [1.54, 1.807) is 14.2 Å². The Kier molecular flexibility index (Phi) is 5.96. The van der Waals surface area contributed by atoms with Crippen LogP contribution in [-0.4, -0.2) is 14.2 Å². The van der Waals surface area contributed by atoms with Crippen LogP contribution in [0.5, 0.6) is 11.5 Å². The summed E-state index contributed by atoms with van der Waals surface area (Å²) in [5.74, 6) is 1.60. The quantitative estimate of drug-likeness (QED) is 0.605. The van der Waals surface area contributed by atoms with Gasteiger partial charge in [0.25, 0.3) is 0 Å². The van der Waals surface area contributed by atoms with Crippen molar-refractivity contribution in [3.63, 3.8) is 0 Å². The highest BCUT2D eigenvalue weighted by Gasteiger charge is 2.09. The summed E-state index contributed by atoms with van der Waals surface area (Å²) >= 11 is 10.5. The Morgan fingerprint density at radius 3 is 2.19 bits per heavy atom. The van der Waals surface area contributed by atoms with Gasteiger partial charge in [-0.25, -0.2) is 0 Å². The first-order chi connectivity index (χ1) is 10.0. The second-order valence-electron chi connectivity index (χ2n) is 4.29. The van der Waals surface area contributed by atoms with Crippen LogP contribution in [0.25, 0.3) is 0 Å². The van der Waals surface area contributed by atoms with E-state index < -0.39 is 0 Å². The highest BCUT2D eigenvalue weighted by molar-refractivity contribution is 9.11. The first-order valence-electron chi connectivity index (χ1n) is 6.14. The Balaban J connectivity index is 2.19. The number of ether oxygens (including phenoxy) is 2. The zero-order valence-corrected chi connectivity index (χ0v) is 16.3. The lowest BCUT2D eigenvalue weighted by Crippen LogP contribution is -2.02. The fourth-order valence-electron chi connectivity index (χ4n) is 1.93. The maximum absolute atomic E-state index is 5.35. The second-order valence-corrected chi connectivity index (χ2v) is 6.92. The molecule has 0 saturated carbocycles. The van der Waals surface area contributed by atoms with Crippen molar-refractivity contribution in [1.29, 1.82) is 0 Å². The van der Waals surface area contributed by atoms with E-state index in [-0.39, 0.29) is 0 Å². The van der Waals surface area contributed by atoms with Gasteiger partial charge in [0, 0.05) is 11.0 Å². The third kappa shape index (κ3) is 4.14. The van der Waals surface area contributed by atoms with Crippen molar-refractivity contribution in [1.82, 2.24) is 0 Å². The van der Waals surface area contributed by atoms with E-state index >= 15 is 0 Å². The Labute approximate surface area is 149 Å². The van der Waals surface area contributed by atoms with E-state index in [1.807, 2.05) is 30.3 Å². The van der Waals surface area contributed by atoms with Crippen molar-refractivity contribution >= 4 is 53.5 Å². The van der Waals surface area contributed by atoms with Crippen LogP contribution in [0.4, 0.5) is 5.69 Å². The van der Waals surface area contributed by atoms with Crippen LogP contribution in [-0.2, 0) is 6.54 Å². The Bertz CT molecular complexity index is 624. The Hall–Kier alpha value is -0.720. The van der Waals surface area contributed by atoms with Crippen molar-refractivity contribution in [2.24, 2.45) is 0 Å². The van der Waals surface area contributed by atoms with E-state index in [9.17, 15) is 0 Å². The highest BCUT2D eigenvalue weighted by Crippen LogP contribution is 2.35. The van der Waals surface area contributed by atoms with Gasteiger partial charge in [0.2, 0.25) is 0 Å². The molecule has 1 N–H and O–H groups in total. The van der Waals surface area contributed by atoms with Crippen LogP contribution in [0.3, 0.4) is 0 Å². The van der Waals surface area contributed by atoms with Gasteiger partial charge in [0.1, 0.15) is 11.5 Å². The molecule has 0 spiro atoms. The number of anilines is 1. The fourth-order valence-corrected chi connectivity index (χ4v) is 3.89. The summed E-state index contributed by atoms with van der Waals surface area (Å²) in [7, 11) is 3.31. The van der Waals surface area contributed by atoms with Crippen molar-refractivity contribution in [2.75, 3.05) is 19.5 Å². The molecule has 2 aromatic carbocycles. The summed E-state index contributed by atoms with van der Waals surface area (Å²) < 4.78 is 13.5. The Morgan fingerprint density at radius 1 is 0.952 bits per heavy atom. The summed E-state index contributed by atoms with van der Waals surface area (Å²) in [6.45, 7) is 0.675. The third-order valence-corrected chi connectivity index (χ3v) is 4.58. The molecule has 6 heteroatoms. The van der Waals surface area contributed by atoms with Gasteiger partial charge in [-0.15, -0.1) is 0 Å². The molecule has 2 rings (SSSR count). The minimum Gasteiger partial charge on any atom is -0.495 e. The maximum Gasteiger partial charge on any atom is 0.147 e. The minimum atomic E-state index is 0.675. The van der Waals surface area contributed by atoms with E-state index in [0.29, 0.717) is 6.54 Å². The first kappa shape index (κ1) is 16.6. The largest absolute Gasteiger partial charge is 0.495 e. The van der Waals surface area contributed by atoms with Gasteiger partial charge in [-0.05, 0) is 67.8 Å². The number of halogens is 3. The van der Waals surface area contributed by atoms with Crippen molar-refractivity contribution in [3.05, 3.63) is 49.3 Å². The monoisotopic (exact) mass is 477 g/mol. The van der Waals surface area contributed by atoms with Gasteiger partial charge >= 0.3 is 0 Å². The first-order valence-corrected chi connectivity index (χ1v) is 8.52. The summed E-state index contributed by atoms with van der Waals surface area (Å²) in [6.07, 6.45) is 0. The van der Waals surface area contributed by atoms with Crippen LogP contribution >= 0.6 is 47.8 Å².